The van der Waals surface area contributed by atoms with Crippen LogP contribution in [0.4, 0.5) is 13.2 Å². The summed E-state index contributed by atoms with van der Waals surface area (Å²) in [6, 6.07) is 11.9. The molecule has 2 aromatic heterocycles. The normalized spacial score (nSPS) is 13.3. The van der Waals surface area contributed by atoms with E-state index in [1.165, 1.54) is 30.3 Å². The zero-order valence-electron chi connectivity index (χ0n) is 17.0. The van der Waals surface area contributed by atoms with Crippen molar-refractivity contribution >= 4 is 32.9 Å². The number of nitrogens with zero attached hydrogens (tertiary/aromatic N) is 1. The smallest absolute Gasteiger partial charge is 0.430 e. The number of hydrogen-bond acceptors (Lipinski definition) is 7. The third-order valence-corrected chi connectivity index (χ3v) is 6.57. The number of benzene rings is 1. The number of alkyl halides is 3. The lowest BCUT2D eigenvalue weighted by Gasteiger charge is -2.07. The molecule has 1 aromatic carbocycles. The molecule has 3 rings (SSSR count). The molecule has 0 saturated carbocycles. The topological polar surface area (TPSA) is 123 Å². The van der Waals surface area contributed by atoms with Crippen LogP contribution in [0.25, 0.3) is 10.4 Å². The van der Waals surface area contributed by atoms with Crippen LogP contribution >= 0.6 is 11.3 Å². The predicted molar refractivity (Wildman–Crippen MR) is 117 cm³/mol. The molecule has 3 N–H and O–H groups in total. The molecular weight excluding hydrogens is 481 g/mol. The van der Waals surface area contributed by atoms with Crippen LogP contribution in [0.3, 0.4) is 0 Å². The minimum Gasteiger partial charge on any atom is -0.475 e. The molecule has 0 bridgehead atoms. The van der Waals surface area contributed by atoms with Gasteiger partial charge in [0, 0.05) is 11.1 Å². The highest BCUT2D eigenvalue weighted by molar-refractivity contribution is 7.90. The van der Waals surface area contributed by atoms with Gasteiger partial charge in [0.1, 0.15) is 11.5 Å². The third kappa shape index (κ3) is 6.11. The Morgan fingerprint density at radius 3 is 2.55 bits per heavy atom. The van der Waals surface area contributed by atoms with Crippen molar-refractivity contribution in [2.45, 2.75) is 17.6 Å². The monoisotopic (exact) mass is 498 g/mol. The van der Waals surface area contributed by atoms with Crippen LogP contribution in [-0.2, 0) is 16.4 Å². The second-order valence-electron chi connectivity index (χ2n) is 6.83. The minimum absolute atomic E-state index is 0.0892. The van der Waals surface area contributed by atoms with Crippen LogP contribution in [0.15, 0.2) is 74.6 Å². The lowest BCUT2D eigenvalue weighted by Crippen LogP contribution is -2.20. The zero-order valence-corrected chi connectivity index (χ0v) is 18.6. The molecule has 0 atom stereocenters. The fourth-order valence-electron chi connectivity index (χ4n) is 2.68. The number of aromatic carboxylic acids is 1. The number of carboxylic acids is 1. The molecule has 3 aromatic rings. The summed E-state index contributed by atoms with van der Waals surface area (Å²) in [6.07, 6.45) is -3.01. The van der Waals surface area contributed by atoms with Gasteiger partial charge in [-0.05, 0) is 48.0 Å². The maximum Gasteiger partial charge on any atom is 0.430 e. The van der Waals surface area contributed by atoms with Crippen molar-refractivity contribution in [1.82, 2.24) is 0 Å². The molecule has 174 valence electrons. The summed E-state index contributed by atoms with van der Waals surface area (Å²) in [5.41, 5.74) is 4.30. The number of halogens is 3. The molecule has 12 heteroatoms. The van der Waals surface area contributed by atoms with Crippen LogP contribution in [0.5, 0.6) is 0 Å². The van der Waals surface area contributed by atoms with Crippen LogP contribution in [-0.4, -0.2) is 37.6 Å². The van der Waals surface area contributed by atoms with E-state index in [1.807, 2.05) is 0 Å². The highest BCUT2D eigenvalue weighted by Crippen LogP contribution is 2.31. The van der Waals surface area contributed by atoms with Crippen molar-refractivity contribution < 1.29 is 35.9 Å². The number of thiophene rings is 1. The summed E-state index contributed by atoms with van der Waals surface area (Å²) in [5, 5.41) is 8.93. The molecule has 0 amide bonds. The Hall–Kier alpha value is -3.38. The van der Waals surface area contributed by atoms with Gasteiger partial charge in [-0.15, -0.1) is 11.3 Å². The quantitative estimate of drug-likeness (QED) is 0.462. The van der Waals surface area contributed by atoms with Crippen molar-refractivity contribution in [2.24, 2.45) is 10.7 Å². The van der Waals surface area contributed by atoms with Crippen molar-refractivity contribution in [3.05, 3.63) is 76.7 Å². The summed E-state index contributed by atoms with van der Waals surface area (Å²) >= 11 is 1.09. The molecule has 0 spiro atoms. The van der Waals surface area contributed by atoms with E-state index in [-0.39, 0.29) is 28.7 Å². The van der Waals surface area contributed by atoms with Gasteiger partial charge in [-0.1, -0.05) is 12.1 Å². The van der Waals surface area contributed by atoms with E-state index in [0.29, 0.717) is 21.4 Å². The summed E-state index contributed by atoms with van der Waals surface area (Å²) in [7, 11) is -3.44. The number of carbonyl (C=O) groups is 1. The first-order chi connectivity index (χ1) is 15.3. The van der Waals surface area contributed by atoms with Gasteiger partial charge in [0.05, 0.1) is 22.0 Å². The Bertz CT molecular complexity index is 1350. The van der Waals surface area contributed by atoms with Crippen LogP contribution < -0.4 is 5.73 Å². The van der Waals surface area contributed by atoms with E-state index in [9.17, 15) is 26.4 Å². The largest absolute Gasteiger partial charge is 0.475 e. The van der Waals surface area contributed by atoms with Gasteiger partial charge >= 0.3 is 12.1 Å². The molecule has 0 aliphatic rings. The molecule has 7 nitrogen and oxygen atoms in total. The Kier molecular flexibility index (Phi) is 6.79. The standard InChI is InChI=1S/C21H17F3N2O5S2/c1-33(29,30)14-4-2-3-12(9-14)17-7-8-18(32-17)15(10-19(25)21(22,23)24)26-11-13-5-6-16(31-13)20(27)28/h2-10H,11,25H2,1H3,(H,27,28). The van der Waals surface area contributed by atoms with Gasteiger partial charge < -0.3 is 15.3 Å². The molecular formula is C21H17F3N2O5S2. The maximum absolute atomic E-state index is 13.0. The van der Waals surface area contributed by atoms with Crippen molar-refractivity contribution in [1.29, 1.82) is 0 Å². The summed E-state index contributed by atoms with van der Waals surface area (Å²) < 4.78 is 67.8. The van der Waals surface area contributed by atoms with Gasteiger partial charge in [-0.3, -0.25) is 4.99 Å². The van der Waals surface area contributed by atoms with Gasteiger partial charge in [0.2, 0.25) is 5.76 Å². The average Bonchev–Trinajstić information content (AvgIpc) is 3.39. The van der Waals surface area contributed by atoms with E-state index >= 15 is 0 Å². The van der Waals surface area contributed by atoms with Crippen LogP contribution in [0.1, 0.15) is 21.2 Å². The van der Waals surface area contributed by atoms with Crippen LogP contribution in [0, 0.1) is 0 Å². The Morgan fingerprint density at radius 2 is 1.94 bits per heavy atom. The first-order valence-corrected chi connectivity index (χ1v) is 11.9. The summed E-state index contributed by atoms with van der Waals surface area (Å²) in [5.74, 6) is -1.47. The SMILES string of the molecule is CS(=O)(=O)c1cccc(-c2ccc(C(C=C(N)C(F)(F)F)=NCc3ccc(C(=O)O)o3)s2)c1. The lowest BCUT2D eigenvalue weighted by molar-refractivity contribution is -0.0925. The predicted octanol–water partition coefficient (Wildman–Crippen LogP) is 4.50. The van der Waals surface area contributed by atoms with E-state index in [2.05, 4.69) is 4.99 Å². The number of hydrogen-bond donors (Lipinski definition) is 2. The molecule has 0 radical (unpaired) electrons. The number of furan rings is 1. The number of allylic oxidation sites excluding steroid dienone is 2. The summed E-state index contributed by atoms with van der Waals surface area (Å²) in [4.78, 5) is 16.1. The Morgan fingerprint density at radius 1 is 1.21 bits per heavy atom. The maximum atomic E-state index is 13.0. The molecule has 0 saturated heterocycles. The van der Waals surface area contributed by atoms with Gasteiger partial charge in [0.25, 0.3) is 0 Å². The molecule has 0 fully saturated rings. The van der Waals surface area contributed by atoms with E-state index in [1.54, 1.807) is 18.2 Å². The molecule has 0 aliphatic heterocycles. The minimum atomic E-state index is -4.77. The Balaban J connectivity index is 1.99. The van der Waals surface area contributed by atoms with Gasteiger partial charge in [0.15, 0.2) is 9.84 Å². The zero-order chi connectivity index (χ0) is 24.4. The molecule has 0 aliphatic carbocycles. The highest BCUT2D eigenvalue weighted by Gasteiger charge is 2.32. The molecule has 2 heterocycles. The van der Waals surface area contributed by atoms with Crippen molar-refractivity contribution in [2.75, 3.05) is 6.26 Å². The molecule has 0 unspecified atom stereocenters. The second kappa shape index (κ2) is 9.24. The van der Waals surface area contributed by atoms with Crippen LogP contribution in [0.2, 0.25) is 0 Å². The fourth-order valence-corrected chi connectivity index (χ4v) is 4.32. The van der Waals surface area contributed by atoms with E-state index in [0.717, 1.165) is 17.6 Å². The number of rotatable bonds is 7. The number of carboxylic acid groups (broad SMARTS) is 1. The number of sulfone groups is 1. The second-order valence-corrected chi connectivity index (χ2v) is 9.93. The van der Waals surface area contributed by atoms with Gasteiger partial charge in [-0.25, -0.2) is 13.2 Å². The lowest BCUT2D eigenvalue weighted by atomic mass is 10.2. The average molecular weight is 499 g/mol. The first-order valence-electron chi connectivity index (χ1n) is 9.16. The van der Waals surface area contributed by atoms with E-state index in [4.69, 9.17) is 15.3 Å². The first kappa shape index (κ1) is 24.3. The number of nitrogens with two attached hydrogens (primary N) is 1. The van der Waals surface area contributed by atoms with Gasteiger partial charge in [-0.2, -0.15) is 13.2 Å². The van der Waals surface area contributed by atoms with E-state index < -0.39 is 27.7 Å². The van der Waals surface area contributed by atoms with Crippen molar-refractivity contribution in [3.8, 4) is 10.4 Å². The van der Waals surface area contributed by atoms with Crippen molar-refractivity contribution in [3.63, 3.8) is 0 Å². The Labute approximate surface area is 190 Å². The highest BCUT2D eigenvalue weighted by atomic mass is 32.2. The molecule has 33 heavy (non-hydrogen) atoms. The third-order valence-electron chi connectivity index (χ3n) is 4.30. The fraction of sp³-hybridized carbons (Fsp3) is 0.143. The summed E-state index contributed by atoms with van der Waals surface area (Å²) in [6.45, 7) is -0.221. The number of aliphatic imine (C=N–C) groups is 1.